The molecule has 7 nitrogen and oxygen atoms in total. The number of fused-ring (bicyclic) bond motifs is 1. The highest BCUT2D eigenvalue weighted by atomic mass is 35.5. The van der Waals surface area contributed by atoms with E-state index in [1.54, 1.807) is 24.3 Å². The van der Waals surface area contributed by atoms with Crippen LogP contribution in [0.3, 0.4) is 0 Å². The van der Waals surface area contributed by atoms with E-state index in [0.29, 0.717) is 23.7 Å². The molecule has 0 amide bonds. The van der Waals surface area contributed by atoms with Gasteiger partial charge in [-0.15, -0.1) is 0 Å². The van der Waals surface area contributed by atoms with Gasteiger partial charge in [0.1, 0.15) is 11.5 Å². The van der Waals surface area contributed by atoms with Gasteiger partial charge in [-0.05, 0) is 73.0 Å². The molecule has 5 rings (SSSR count). The van der Waals surface area contributed by atoms with E-state index in [9.17, 15) is 8.42 Å². The number of sulfonamides is 1. The van der Waals surface area contributed by atoms with E-state index in [0.717, 1.165) is 60.5 Å². The Bertz CT molecular complexity index is 1430. The Hall–Kier alpha value is -3.04. The molecule has 0 radical (unpaired) electrons. The van der Waals surface area contributed by atoms with Crippen molar-refractivity contribution in [2.75, 3.05) is 37.6 Å². The molecule has 1 aromatic heterocycles. The lowest BCUT2D eigenvalue weighted by Gasteiger charge is -2.29. The molecule has 0 aliphatic carbocycles. The molecule has 4 aromatic rings. The number of hydrogen-bond donors (Lipinski definition) is 3. The molecule has 0 saturated carbocycles. The summed E-state index contributed by atoms with van der Waals surface area (Å²) in [7, 11) is -3.61. The van der Waals surface area contributed by atoms with Crippen LogP contribution in [0.25, 0.3) is 10.9 Å². The van der Waals surface area contributed by atoms with Crippen molar-refractivity contribution in [1.29, 1.82) is 0 Å². The largest absolute Gasteiger partial charge is 0.457 e. The fraction of sp³-hybridized carbons (Fsp3) is 0.259. The van der Waals surface area contributed by atoms with Crippen LogP contribution in [0.1, 0.15) is 12.0 Å². The van der Waals surface area contributed by atoms with Gasteiger partial charge in [0.05, 0.1) is 4.90 Å². The van der Waals surface area contributed by atoms with E-state index in [1.165, 1.54) is 0 Å². The van der Waals surface area contributed by atoms with Gasteiger partial charge in [0.15, 0.2) is 0 Å². The lowest BCUT2D eigenvalue weighted by atomic mass is 10.1. The second-order valence-electron chi connectivity index (χ2n) is 8.81. The van der Waals surface area contributed by atoms with Gasteiger partial charge in [-0.2, -0.15) is 0 Å². The number of aromatic nitrogens is 1. The Morgan fingerprint density at radius 1 is 0.972 bits per heavy atom. The summed E-state index contributed by atoms with van der Waals surface area (Å²) >= 11 is 6.11. The first-order valence-electron chi connectivity index (χ1n) is 12.1. The Balaban J connectivity index is 1.16. The van der Waals surface area contributed by atoms with Gasteiger partial charge in [-0.3, -0.25) is 0 Å². The second-order valence-corrected chi connectivity index (χ2v) is 11.0. The average molecular weight is 525 g/mol. The Labute approximate surface area is 216 Å². The van der Waals surface area contributed by atoms with Gasteiger partial charge in [-0.25, -0.2) is 13.1 Å². The number of aromatic amines is 1. The third kappa shape index (κ3) is 5.84. The quantitative estimate of drug-likeness (QED) is 0.270. The first kappa shape index (κ1) is 24.6. The van der Waals surface area contributed by atoms with Crippen LogP contribution < -0.4 is 19.7 Å². The maximum atomic E-state index is 12.8. The summed E-state index contributed by atoms with van der Waals surface area (Å²) in [5.41, 5.74) is 3.26. The minimum atomic E-state index is -3.61. The summed E-state index contributed by atoms with van der Waals surface area (Å²) in [5, 5.41) is 5.11. The van der Waals surface area contributed by atoms with Crippen LogP contribution in [0.2, 0.25) is 5.02 Å². The number of hydrogen-bond acceptors (Lipinski definition) is 5. The molecule has 1 saturated heterocycles. The molecule has 1 aliphatic rings. The number of aryl methyl sites for hydroxylation is 1. The smallest absolute Gasteiger partial charge is 0.240 e. The van der Waals surface area contributed by atoms with Crippen molar-refractivity contribution in [3.05, 3.63) is 83.5 Å². The fourth-order valence-corrected chi connectivity index (χ4v) is 5.66. The van der Waals surface area contributed by atoms with Gasteiger partial charge in [0, 0.05) is 66.6 Å². The monoisotopic (exact) mass is 524 g/mol. The van der Waals surface area contributed by atoms with Crippen LogP contribution >= 0.6 is 11.6 Å². The predicted octanol–water partition coefficient (Wildman–Crippen LogP) is 4.93. The molecule has 0 bridgehead atoms. The minimum Gasteiger partial charge on any atom is -0.457 e. The standard InChI is InChI=1S/C27H29ClN4O3S/c28-21-6-11-27-26(17-21)20(19-30-27)3-2-12-31-36(33,34)25-9-7-23(8-10-25)35-24-5-1-4-22(18-24)32-15-13-29-14-16-32/h1,4-11,17-19,29-31H,2-3,12-16H2. The molecule has 1 fully saturated rings. The number of piperazine rings is 1. The lowest BCUT2D eigenvalue weighted by Crippen LogP contribution is -2.43. The van der Waals surface area contributed by atoms with Crippen LogP contribution in [-0.2, 0) is 16.4 Å². The summed E-state index contributed by atoms with van der Waals surface area (Å²) in [6.45, 7) is 4.19. The number of nitrogens with zero attached hydrogens (tertiary/aromatic N) is 1. The molecule has 0 spiro atoms. The van der Waals surface area contributed by atoms with Gasteiger partial charge >= 0.3 is 0 Å². The topological polar surface area (TPSA) is 86.5 Å². The summed E-state index contributed by atoms with van der Waals surface area (Å²) in [5.74, 6) is 1.31. The van der Waals surface area contributed by atoms with Crippen molar-refractivity contribution < 1.29 is 13.2 Å². The number of nitrogens with one attached hydrogen (secondary N) is 3. The zero-order valence-electron chi connectivity index (χ0n) is 19.8. The van der Waals surface area contributed by atoms with E-state index in [2.05, 4.69) is 26.0 Å². The van der Waals surface area contributed by atoms with Crippen LogP contribution in [-0.4, -0.2) is 46.1 Å². The summed E-state index contributed by atoms with van der Waals surface area (Å²) < 4.78 is 34.2. The van der Waals surface area contributed by atoms with Crippen molar-refractivity contribution in [3.63, 3.8) is 0 Å². The van der Waals surface area contributed by atoms with Gasteiger partial charge in [0.2, 0.25) is 10.0 Å². The van der Waals surface area contributed by atoms with Crippen LogP contribution in [0, 0.1) is 0 Å². The fourth-order valence-electron chi connectivity index (χ4n) is 4.42. The van der Waals surface area contributed by atoms with Crippen LogP contribution in [0.4, 0.5) is 5.69 Å². The van der Waals surface area contributed by atoms with E-state index in [-0.39, 0.29) is 4.90 Å². The minimum absolute atomic E-state index is 0.211. The zero-order chi connectivity index (χ0) is 25.0. The molecule has 0 unspecified atom stereocenters. The molecule has 0 atom stereocenters. The molecule has 36 heavy (non-hydrogen) atoms. The highest BCUT2D eigenvalue weighted by molar-refractivity contribution is 7.89. The number of ether oxygens (including phenoxy) is 1. The Morgan fingerprint density at radius 2 is 1.78 bits per heavy atom. The molecule has 3 aromatic carbocycles. The zero-order valence-corrected chi connectivity index (χ0v) is 21.4. The van der Waals surface area contributed by atoms with E-state index in [4.69, 9.17) is 16.3 Å². The number of rotatable bonds is 9. The first-order valence-corrected chi connectivity index (χ1v) is 13.9. The normalized spacial score (nSPS) is 14.3. The number of H-pyrrole nitrogens is 1. The lowest BCUT2D eigenvalue weighted by molar-refractivity contribution is 0.481. The van der Waals surface area contributed by atoms with Crippen LogP contribution in [0.5, 0.6) is 11.5 Å². The van der Waals surface area contributed by atoms with Crippen molar-refractivity contribution in [2.45, 2.75) is 17.7 Å². The molecule has 3 N–H and O–H groups in total. The molecule has 2 heterocycles. The molecular formula is C27H29ClN4O3S. The van der Waals surface area contributed by atoms with Crippen molar-refractivity contribution in [1.82, 2.24) is 15.0 Å². The SMILES string of the molecule is O=S(=O)(NCCCc1c[nH]c2ccc(Cl)cc12)c1ccc(Oc2cccc(N3CCNCC3)c2)cc1. The Morgan fingerprint density at radius 3 is 2.58 bits per heavy atom. The molecule has 9 heteroatoms. The van der Waals surface area contributed by atoms with E-state index in [1.807, 2.05) is 42.6 Å². The first-order chi connectivity index (χ1) is 17.5. The van der Waals surface area contributed by atoms with Crippen molar-refractivity contribution in [3.8, 4) is 11.5 Å². The Kier molecular flexibility index (Phi) is 7.48. The number of halogens is 1. The number of anilines is 1. The summed E-state index contributed by atoms with van der Waals surface area (Å²) in [6, 6.07) is 20.2. The van der Waals surface area contributed by atoms with E-state index < -0.39 is 10.0 Å². The van der Waals surface area contributed by atoms with Crippen LogP contribution in [0.15, 0.2) is 77.8 Å². The van der Waals surface area contributed by atoms with Gasteiger partial charge in [0.25, 0.3) is 0 Å². The van der Waals surface area contributed by atoms with Gasteiger partial charge in [-0.1, -0.05) is 17.7 Å². The third-order valence-electron chi connectivity index (χ3n) is 6.31. The number of benzene rings is 3. The molecular weight excluding hydrogens is 496 g/mol. The highest BCUT2D eigenvalue weighted by Gasteiger charge is 2.15. The van der Waals surface area contributed by atoms with E-state index >= 15 is 0 Å². The van der Waals surface area contributed by atoms with Gasteiger partial charge < -0.3 is 19.9 Å². The third-order valence-corrected chi connectivity index (χ3v) is 8.03. The predicted molar refractivity (Wildman–Crippen MR) is 145 cm³/mol. The molecule has 188 valence electrons. The summed E-state index contributed by atoms with van der Waals surface area (Å²) in [4.78, 5) is 5.76. The average Bonchev–Trinajstić information content (AvgIpc) is 3.29. The maximum absolute atomic E-state index is 12.8. The second kappa shape index (κ2) is 10.9. The van der Waals surface area contributed by atoms with Crippen molar-refractivity contribution >= 4 is 38.2 Å². The molecule has 1 aliphatic heterocycles. The van der Waals surface area contributed by atoms with Crippen molar-refractivity contribution in [2.24, 2.45) is 0 Å². The highest BCUT2D eigenvalue weighted by Crippen LogP contribution is 2.27. The maximum Gasteiger partial charge on any atom is 0.240 e. The summed E-state index contributed by atoms with van der Waals surface area (Å²) in [6.07, 6.45) is 3.36.